The Labute approximate surface area is 145 Å². The third kappa shape index (κ3) is 4.20. The Bertz CT molecular complexity index is 673. The van der Waals surface area contributed by atoms with Gasteiger partial charge in [0, 0.05) is 42.3 Å². The number of nitrogens with zero attached hydrogens (tertiary/aromatic N) is 2. The van der Waals surface area contributed by atoms with E-state index in [1.54, 1.807) is 40.8 Å². The zero-order valence-electron chi connectivity index (χ0n) is 13.4. The van der Waals surface area contributed by atoms with Gasteiger partial charge in [0.1, 0.15) is 0 Å². The highest BCUT2D eigenvalue weighted by atomic mass is 32.1. The number of amides is 1. The third-order valence-corrected chi connectivity index (χ3v) is 5.08. The molecule has 0 aliphatic carbocycles. The maximum absolute atomic E-state index is 12.5. The molecule has 1 fully saturated rings. The average molecular weight is 344 g/mol. The number of aromatic nitrogens is 1. The van der Waals surface area contributed by atoms with Gasteiger partial charge in [0.2, 0.25) is 0 Å². The molecule has 24 heavy (non-hydrogen) atoms. The van der Waals surface area contributed by atoms with Crippen LogP contribution in [0.2, 0.25) is 0 Å². The molecule has 0 radical (unpaired) electrons. The number of ether oxygens (including phenoxy) is 1. The van der Waals surface area contributed by atoms with Crippen LogP contribution in [0, 0.1) is 5.92 Å². The summed E-state index contributed by atoms with van der Waals surface area (Å²) in [7, 11) is 0. The van der Waals surface area contributed by atoms with Gasteiger partial charge < -0.3 is 9.64 Å². The van der Waals surface area contributed by atoms with Crippen molar-refractivity contribution in [1.82, 2.24) is 9.88 Å². The fourth-order valence-corrected chi connectivity index (χ4v) is 3.55. The average Bonchev–Trinajstić information content (AvgIpc) is 3.15. The fraction of sp³-hybridized carbons (Fsp3) is 0.389. The Kier molecular flexibility index (Phi) is 5.59. The van der Waals surface area contributed by atoms with Crippen molar-refractivity contribution in [3.8, 4) is 0 Å². The molecule has 1 aliphatic heterocycles. The SMILES string of the molecule is O=C(OCCc1cccs1)C1CCCN(C(=O)c2ccncc2)C1. The van der Waals surface area contributed by atoms with Crippen molar-refractivity contribution < 1.29 is 14.3 Å². The molecule has 5 nitrogen and oxygen atoms in total. The van der Waals surface area contributed by atoms with E-state index in [4.69, 9.17) is 4.74 Å². The maximum Gasteiger partial charge on any atom is 0.310 e. The van der Waals surface area contributed by atoms with Gasteiger partial charge in [0.15, 0.2) is 0 Å². The monoisotopic (exact) mass is 344 g/mol. The van der Waals surface area contributed by atoms with Crippen molar-refractivity contribution in [2.45, 2.75) is 19.3 Å². The summed E-state index contributed by atoms with van der Waals surface area (Å²) in [5.41, 5.74) is 0.608. The molecule has 2 aromatic heterocycles. The lowest BCUT2D eigenvalue weighted by Crippen LogP contribution is -2.42. The van der Waals surface area contributed by atoms with E-state index in [0.717, 1.165) is 19.3 Å². The van der Waals surface area contributed by atoms with E-state index in [2.05, 4.69) is 4.98 Å². The molecule has 3 heterocycles. The summed E-state index contributed by atoms with van der Waals surface area (Å²) in [6.45, 7) is 1.51. The van der Waals surface area contributed by atoms with Crippen LogP contribution < -0.4 is 0 Å². The molecule has 0 aromatic carbocycles. The number of likely N-dealkylation sites (tertiary alicyclic amines) is 1. The summed E-state index contributed by atoms with van der Waals surface area (Å²) in [5.74, 6) is -0.472. The zero-order valence-corrected chi connectivity index (χ0v) is 14.2. The second kappa shape index (κ2) is 8.06. The number of carbonyl (C=O) groups is 2. The Morgan fingerprint density at radius 2 is 2.12 bits per heavy atom. The molecule has 0 spiro atoms. The maximum atomic E-state index is 12.5. The molecule has 1 aliphatic rings. The van der Waals surface area contributed by atoms with Crippen molar-refractivity contribution >= 4 is 23.2 Å². The van der Waals surface area contributed by atoms with Crippen molar-refractivity contribution in [2.24, 2.45) is 5.92 Å². The summed E-state index contributed by atoms with van der Waals surface area (Å²) in [6.07, 6.45) is 5.55. The van der Waals surface area contributed by atoms with Gasteiger partial charge in [0.05, 0.1) is 12.5 Å². The highest BCUT2D eigenvalue weighted by Crippen LogP contribution is 2.20. The van der Waals surface area contributed by atoms with Gasteiger partial charge in [-0.15, -0.1) is 11.3 Å². The van der Waals surface area contributed by atoms with Gasteiger partial charge in [-0.1, -0.05) is 6.07 Å². The number of carbonyl (C=O) groups excluding carboxylic acids is 2. The normalized spacial score (nSPS) is 17.5. The molecule has 1 atom stereocenters. The fourth-order valence-electron chi connectivity index (χ4n) is 2.86. The van der Waals surface area contributed by atoms with Crippen LogP contribution in [0.4, 0.5) is 0 Å². The van der Waals surface area contributed by atoms with E-state index in [-0.39, 0.29) is 17.8 Å². The standard InChI is InChI=1S/C18H20N2O3S/c21-17(14-5-8-19-9-6-14)20-10-1-3-15(13-20)18(22)23-11-7-16-4-2-12-24-16/h2,4-6,8-9,12,15H,1,3,7,10-11,13H2. The van der Waals surface area contributed by atoms with Gasteiger partial charge in [0.25, 0.3) is 5.91 Å². The largest absolute Gasteiger partial charge is 0.465 e. The molecule has 0 N–H and O–H groups in total. The summed E-state index contributed by atoms with van der Waals surface area (Å²) < 4.78 is 5.41. The van der Waals surface area contributed by atoms with Crippen LogP contribution in [-0.2, 0) is 16.0 Å². The lowest BCUT2D eigenvalue weighted by atomic mass is 9.97. The van der Waals surface area contributed by atoms with Crippen LogP contribution in [0.3, 0.4) is 0 Å². The molecule has 0 saturated carbocycles. The summed E-state index contributed by atoms with van der Waals surface area (Å²) >= 11 is 1.66. The minimum atomic E-state index is -0.229. The summed E-state index contributed by atoms with van der Waals surface area (Å²) in [5, 5.41) is 2.01. The van der Waals surface area contributed by atoms with E-state index in [1.165, 1.54) is 4.88 Å². The van der Waals surface area contributed by atoms with E-state index < -0.39 is 0 Å². The van der Waals surface area contributed by atoms with Crippen LogP contribution in [0.25, 0.3) is 0 Å². The molecule has 1 amide bonds. The smallest absolute Gasteiger partial charge is 0.310 e. The molecule has 3 rings (SSSR count). The van der Waals surface area contributed by atoms with Gasteiger partial charge >= 0.3 is 5.97 Å². The Balaban J connectivity index is 1.51. The van der Waals surface area contributed by atoms with E-state index in [0.29, 0.717) is 25.3 Å². The van der Waals surface area contributed by atoms with E-state index >= 15 is 0 Å². The quantitative estimate of drug-likeness (QED) is 0.783. The predicted octanol–water partition coefficient (Wildman–Crippen LogP) is 2.78. The number of hydrogen-bond donors (Lipinski definition) is 0. The van der Waals surface area contributed by atoms with Crippen molar-refractivity contribution in [3.05, 3.63) is 52.5 Å². The van der Waals surface area contributed by atoms with E-state index in [1.807, 2.05) is 17.5 Å². The number of hydrogen-bond acceptors (Lipinski definition) is 5. The lowest BCUT2D eigenvalue weighted by Gasteiger charge is -2.31. The Morgan fingerprint density at radius 1 is 1.29 bits per heavy atom. The Hall–Kier alpha value is -2.21. The first-order valence-corrected chi connectivity index (χ1v) is 9.00. The van der Waals surface area contributed by atoms with Crippen molar-refractivity contribution in [3.63, 3.8) is 0 Å². The second-order valence-electron chi connectivity index (χ2n) is 5.82. The molecule has 126 valence electrons. The van der Waals surface area contributed by atoms with Crippen LogP contribution in [-0.4, -0.2) is 41.5 Å². The first-order chi connectivity index (χ1) is 11.7. The minimum Gasteiger partial charge on any atom is -0.465 e. The first-order valence-electron chi connectivity index (χ1n) is 8.12. The van der Waals surface area contributed by atoms with E-state index in [9.17, 15) is 9.59 Å². The van der Waals surface area contributed by atoms with Gasteiger partial charge in [-0.3, -0.25) is 14.6 Å². The van der Waals surface area contributed by atoms with Crippen LogP contribution in [0.5, 0.6) is 0 Å². The van der Waals surface area contributed by atoms with Crippen molar-refractivity contribution in [2.75, 3.05) is 19.7 Å². The topological polar surface area (TPSA) is 59.5 Å². The van der Waals surface area contributed by atoms with Gasteiger partial charge in [-0.2, -0.15) is 0 Å². The van der Waals surface area contributed by atoms with Crippen LogP contribution in [0.15, 0.2) is 42.0 Å². The molecular weight excluding hydrogens is 324 g/mol. The third-order valence-electron chi connectivity index (χ3n) is 4.14. The number of pyridine rings is 1. The highest BCUT2D eigenvalue weighted by Gasteiger charge is 2.29. The summed E-state index contributed by atoms with van der Waals surface area (Å²) in [6, 6.07) is 7.43. The molecule has 1 saturated heterocycles. The van der Waals surface area contributed by atoms with Gasteiger partial charge in [-0.25, -0.2) is 0 Å². The minimum absolute atomic E-state index is 0.0477. The number of rotatable bonds is 5. The molecule has 6 heteroatoms. The zero-order chi connectivity index (χ0) is 16.8. The summed E-state index contributed by atoms with van der Waals surface area (Å²) in [4.78, 5) is 31.6. The van der Waals surface area contributed by atoms with Gasteiger partial charge in [-0.05, 0) is 36.4 Å². The molecular formula is C18H20N2O3S. The highest BCUT2D eigenvalue weighted by molar-refractivity contribution is 7.09. The van der Waals surface area contributed by atoms with Crippen molar-refractivity contribution in [1.29, 1.82) is 0 Å². The number of esters is 1. The Morgan fingerprint density at radius 3 is 2.88 bits per heavy atom. The predicted molar refractivity (Wildman–Crippen MR) is 91.8 cm³/mol. The van der Waals surface area contributed by atoms with Crippen LogP contribution in [0.1, 0.15) is 28.1 Å². The number of piperidine rings is 1. The molecule has 0 bridgehead atoms. The first kappa shape index (κ1) is 16.6. The van der Waals surface area contributed by atoms with Crippen LogP contribution >= 0.6 is 11.3 Å². The number of thiophene rings is 1. The second-order valence-corrected chi connectivity index (χ2v) is 6.86. The molecule has 1 unspecified atom stereocenters. The molecule has 2 aromatic rings. The lowest BCUT2D eigenvalue weighted by molar-refractivity contribution is -0.149.